The van der Waals surface area contributed by atoms with E-state index in [1.165, 1.54) is 29.8 Å². The molecule has 0 bridgehead atoms. The Balaban J connectivity index is 1.73. The molecule has 0 spiro atoms. The van der Waals surface area contributed by atoms with Crippen LogP contribution >= 0.6 is 0 Å². The topological polar surface area (TPSA) is 44.3 Å². The van der Waals surface area contributed by atoms with Crippen molar-refractivity contribution in [2.24, 2.45) is 0 Å². The summed E-state index contributed by atoms with van der Waals surface area (Å²) in [5, 5.41) is 3.48. The lowest BCUT2D eigenvalue weighted by atomic mass is 10.0. The Kier molecular flexibility index (Phi) is 3.44. The fraction of sp³-hybridized carbons (Fsp3) is 0.750. The molecule has 1 saturated carbocycles. The summed E-state index contributed by atoms with van der Waals surface area (Å²) in [6.07, 6.45) is 3.67. The van der Waals surface area contributed by atoms with E-state index in [2.05, 4.69) is 29.2 Å². The van der Waals surface area contributed by atoms with Crippen LogP contribution in [0.25, 0.3) is 0 Å². The van der Waals surface area contributed by atoms with Gasteiger partial charge in [-0.3, -0.25) is 4.90 Å². The Morgan fingerprint density at radius 2 is 2.00 bits per heavy atom. The summed E-state index contributed by atoms with van der Waals surface area (Å²) < 4.78 is 0. The van der Waals surface area contributed by atoms with Gasteiger partial charge in [-0.25, -0.2) is 9.97 Å². The normalized spacial score (nSPS) is 27.6. The lowest BCUT2D eigenvalue weighted by Gasteiger charge is -2.37. The van der Waals surface area contributed by atoms with E-state index in [0.29, 0.717) is 12.0 Å². The molecule has 0 radical (unpaired) electrons. The van der Waals surface area contributed by atoms with E-state index < -0.39 is 0 Å². The van der Waals surface area contributed by atoms with Gasteiger partial charge in [0.25, 0.3) is 0 Å². The molecule has 21 heavy (non-hydrogen) atoms. The number of aromatic nitrogens is 2. The molecule has 1 saturated heterocycles. The minimum atomic E-state index is 0.349. The lowest BCUT2D eigenvalue weighted by molar-refractivity contribution is 0.109. The average Bonchev–Trinajstić information content (AvgIpc) is 3.33. The standard InChI is InChI=1S/C16H25N5/c1-20-7-8-21(2)14(10-20)16-18-13-5-6-17-9-12(13)15(19-16)11-3-4-11/h11,14,17H,3-10H2,1-2H3. The Morgan fingerprint density at radius 1 is 1.14 bits per heavy atom. The summed E-state index contributed by atoms with van der Waals surface area (Å²) in [4.78, 5) is 14.8. The molecular weight excluding hydrogens is 262 g/mol. The SMILES string of the molecule is CN1CCN(C)C(c2nc3c(c(C4CC4)n2)CNCC3)C1. The number of fused-ring (bicyclic) bond motifs is 1. The zero-order chi connectivity index (χ0) is 14.4. The summed E-state index contributed by atoms with van der Waals surface area (Å²) in [6.45, 7) is 5.28. The molecule has 1 atom stereocenters. The van der Waals surface area contributed by atoms with Gasteiger partial charge in [0, 0.05) is 50.6 Å². The number of piperazine rings is 1. The summed E-state index contributed by atoms with van der Waals surface area (Å²) in [5.74, 6) is 1.76. The van der Waals surface area contributed by atoms with Crippen LogP contribution in [0.2, 0.25) is 0 Å². The number of hydrogen-bond donors (Lipinski definition) is 1. The van der Waals surface area contributed by atoms with Gasteiger partial charge in [-0.15, -0.1) is 0 Å². The van der Waals surface area contributed by atoms with Gasteiger partial charge in [0.1, 0.15) is 5.82 Å². The van der Waals surface area contributed by atoms with E-state index >= 15 is 0 Å². The van der Waals surface area contributed by atoms with Crippen LogP contribution in [-0.4, -0.2) is 60.0 Å². The Hall–Kier alpha value is -1.04. The quantitative estimate of drug-likeness (QED) is 0.876. The van der Waals surface area contributed by atoms with E-state index in [-0.39, 0.29) is 0 Å². The van der Waals surface area contributed by atoms with Crippen LogP contribution in [0.1, 0.15) is 47.6 Å². The van der Waals surface area contributed by atoms with Gasteiger partial charge in [0.15, 0.2) is 0 Å². The fourth-order valence-corrected chi connectivity index (χ4v) is 3.52. The zero-order valence-corrected chi connectivity index (χ0v) is 13.1. The molecule has 1 aromatic rings. The second kappa shape index (κ2) is 5.30. The monoisotopic (exact) mass is 287 g/mol. The van der Waals surface area contributed by atoms with Gasteiger partial charge in [-0.2, -0.15) is 0 Å². The number of nitrogens with zero attached hydrogens (tertiary/aromatic N) is 4. The van der Waals surface area contributed by atoms with E-state index in [1.807, 2.05) is 0 Å². The molecule has 0 aromatic carbocycles. The molecule has 1 N–H and O–H groups in total. The molecule has 3 aliphatic rings. The first-order chi connectivity index (χ1) is 10.2. The molecular formula is C16H25N5. The van der Waals surface area contributed by atoms with Gasteiger partial charge in [-0.05, 0) is 26.9 Å². The number of hydrogen-bond acceptors (Lipinski definition) is 5. The van der Waals surface area contributed by atoms with Gasteiger partial charge in [0.05, 0.1) is 17.4 Å². The number of nitrogens with one attached hydrogen (secondary N) is 1. The van der Waals surface area contributed by atoms with Crippen molar-refractivity contribution in [3.05, 3.63) is 22.8 Å². The zero-order valence-electron chi connectivity index (χ0n) is 13.1. The van der Waals surface area contributed by atoms with Crippen molar-refractivity contribution in [1.82, 2.24) is 25.1 Å². The van der Waals surface area contributed by atoms with Crippen molar-refractivity contribution in [2.45, 2.75) is 37.8 Å². The third-order valence-electron chi connectivity index (χ3n) is 5.10. The van der Waals surface area contributed by atoms with Crippen molar-refractivity contribution >= 4 is 0 Å². The van der Waals surface area contributed by atoms with Crippen LogP contribution in [0.3, 0.4) is 0 Å². The van der Waals surface area contributed by atoms with Crippen LogP contribution in [0.4, 0.5) is 0 Å². The smallest absolute Gasteiger partial charge is 0.147 e. The van der Waals surface area contributed by atoms with Crippen LogP contribution in [0.15, 0.2) is 0 Å². The van der Waals surface area contributed by atoms with E-state index in [1.54, 1.807) is 0 Å². The van der Waals surface area contributed by atoms with Gasteiger partial charge >= 0.3 is 0 Å². The first-order valence-corrected chi connectivity index (χ1v) is 8.21. The summed E-state index contributed by atoms with van der Waals surface area (Å²) in [6, 6.07) is 0.349. The van der Waals surface area contributed by atoms with E-state index in [4.69, 9.17) is 9.97 Å². The summed E-state index contributed by atoms with van der Waals surface area (Å²) >= 11 is 0. The number of likely N-dealkylation sites (N-methyl/N-ethyl adjacent to an activating group) is 2. The Morgan fingerprint density at radius 3 is 2.81 bits per heavy atom. The average molecular weight is 287 g/mol. The molecule has 2 fully saturated rings. The van der Waals surface area contributed by atoms with Crippen molar-refractivity contribution in [3.8, 4) is 0 Å². The highest BCUT2D eigenvalue weighted by atomic mass is 15.3. The summed E-state index contributed by atoms with van der Waals surface area (Å²) in [5.41, 5.74) is 4.06. The van der Waals surface area contributed by atoms with Crippen LogP contribution in [0.5, 0.6) is 0 Å². The first-order valence-electron chi connectivity index (χ1n) is 8.21. The van der Waals surface area contributed by atoms with Crippen LogP contribution in [0, 0.1) is 0 Å². The molecule has 3 heterocycles. The fourth-order valence-electron chi connectivity index (χ4n) is 3.52. The highest BCUT2D eigenvalue weighted by molar-refractivity contribution is 5.33. The number of rotatable bonds is 2. The van der Waals surface area contributed by atoms with Gasteiger partial charge in [-0.1, -0.05) is 0 Å². The predicted octanol–water partition coefficient (Wildman–Crippen LogP) is 0.918. The van der Waals surface area contributed by atoms with Crippen LogP contribution in [-0.2, 0) is 13.0 Å². The highest BCUT2D eigenvalue weighted by Gasteiger charge is 2.33. The molecule has 1 aromatic heterocycles. The van der Waals surface area contributed by atoms with Crippen molar-refractivity contribution in [2.75, 3.05) is 40.3 Å². The predicted molar refractivity (Wildman–Crippen MR) is 82.3 cm³/mol. The lowest BCUT2D eigenvalue weighted by Crippen LogP contribution is -2.45. The largest absolute Gasteiger partial charge is 0.312 e. The second-order valence-corrected chi connectivity index (χ2v) is 6.85. The molecule has 2 aliphatic heterocycles. The maximum atomic E-state index is 5.04. The Labute approximate surface area is 126 Å². The maximum Gasteiger partial charge on any atom is 0.147 e. The molecule has 114 valence electrons. The highest BCUT2D eigenvalue weighted by Crippen LogP contribution is 2.42. The minimum Gasteiger partial charge on any atom is -0.312 e. The first kappa shape index (κ1) is 13.6. The van der Waals surface area contributed by atoms with Crippen molar-refractivity contribution < 1.29 is 0 Å². The Bertz CT molecular complexity index is 540. The molecule has 0 amide bonds. The van der Waals surface area contributed by atoms with Crippen molar-refractivity contribution in [3.63, 3.8) is 0 Å². The molecule has 5 nitrogen and oxygen atoms in total. The third kappa shape index (κ3) is 2.58. The molecule has 4 rings (SSSR count). The van der Waals surface area contributed by atoms with E-state index in [0.717, 1.165) is 45.0 Å². The van der Waals surface area contributed by atoms with E-state index in [9.17, 15) is 0 Å². The summed E-state index contributed by atoms with van der Waals surface area (Å²) in [7, 11) is 4.41. The second-order valence-electron chi connectivity index (χ2n) is 6.85. The van der Waals surface area contributed by atoms with Gasteiger partial charge < -0.3 is 10.2 Å². The molecule has 5 heteroatoms. The van der Waals surface area contributed by atoms with Crippen LogP contribution < -0.4 is 5.32 Å². The third-order valence-corrected chi connectivity index (χ3v) is 5.10. The van der Waals surface area contributed by atoms with Gasteiger partial charge in [0.2, 0.25) is 0 Å². The molecule has 1 aliphatic carbocycles. The minimum absolute atomic E-state index is 0.349. The van der Waals surface area contributed by atoms with Crippen molar-refractivity contribution in [1.29, 1.82) is 0 Å². The maximum absolute atomic E-state index is 5.04. The molecule has 1 unspecified atom stereocenters.